The van der Waals surface area contributed by atoms with Crippen LogP contribution in [0.1, 0.15) is 15.9 Å². The van der Waals surface area contributed by atoms with E-state index in [4.69, 9.17) is 21.4 Å². The number of ether oxygens (including phenoxy) is 1. The largest absolute Gasteiger partial charge is 0.487 e. The maximum Gasteiger partial charge on any atom is 0.336 e. The van der Waals surface area contributed by atoms with Crippen LogP contribution in [0.4, 0.5) is 4.39 Å². The monoisotopic (exact) mass is 281 g/mol. The first-order chi connectivity index (χ1) is 9.06. The van der Waals surface area contributed by atoms with Crippen molar-refractivity contribution in [2.24, 2.45) is 0 Å². The summed E-state index contributed by atoms with van der Waals surface area (Å²) in [6, 6.07) is 4.95. The number of rotatable bonds is 4. The van der Waals surface area contributed by atoms with Gasteiger partial charge in [0.1, 0.15) is 18.2 Å². The Balaban J connectivity index is 2.19. The predicted molar refractivity (Wildman–Crippen MR) is 66.9 cm³/mol. The number of benzene rings is 1. The molecule has 2 aromatic rings. The van der Waals surface area contributed by atoms with Crippen molar-refractivity contribution in [3.63, 3.8) is 0 Å². The highest BCUT2D eigenvalue weighted by Gasteiger charge is 2.11. The first kappa shape index (κ1) is 13.3. The van der Waals surface area contributed by atoms with Crippen LogP contribution in [0.2, 0.25) is 5.02 Å². The Morgan fingerprint density at radius 2 is 2.16 bits per heavy atom. The fourth-order valence-electron chi connectivity index (χ4n) is 1.52. The van der Waals surface area contributed by atoms with Crippen LogP contribution in [0.15, 0.2) is 36.7 Å². The van der Waals surface area contributed by atoms with Crippen LogP contribution >= 0.6 is 11.6 Å². The van der Waals surface area contributed by atoms with Crippen LogP contribution in [-0.2, 0) is 6.61 Å². The smallest absolute Gasteiger partial charge is 0.336 e. The number of hydrogen-bond donors (Lipinski definition) is 1. The molecule has 1 heterocycles. The average molecular weight is 282 g/mol. The molecule has 0 aliphatic heterocycles. The topological polar surface area (TPSA) is 59.4 Å². The summed E-state index contributed by atoms with van der Waals surface area (Å²) < 4.78 is 18.5. The second kappa shape index (κ2) is 5.67. The van der Waals surface area contributed by atoms with Gasteiger partial charge in [-0.3, -0.25) is 4.98 Å². The highest BCUT2D eigenvalue weighted by atomic mass is 35.5. The van der Waals surface area contributed by atoms with E-state index >= 15 is 0 Å². The Morgan fingerprint density at radius 3 is 2.84 bits per heavy atom. The van der Waals surface area contributed by atoms with Crippen molar-refractivity contribution in [2.75, 3.05) is 0 Å². The molecule has 2 rings (SSSR count). The third kappa shape index (κ3) is 3.42. The van der Waals surface area contributed by atoms with E-state index in [1.54, 1.807) is 0 Å². The summed E-state index contributed by atoms with van der Waals surface area (Å²) in [6.45, 7) is -0.0819. The molecular formula is C13H9ClFNO3. The fraction of sp³-hybridized carbons (Fsp3) is 0.0769. The first-order valence-electron chi connectivity index (χ1n) is 5.31. The Kier molecular flexibility index (Phi) is 3.97. The molecule has 19 heavy (non-hydrogen) atoms. The highest BCUT2D eigenvalue weighted by Crippen LogP contribution is 2.18. The molecule has 1 aromatic carbocycles. The van der Waals surface area contributed by atoms with Gasteiger partial charge in [0, 0.05) is 17.8 Å². The Morgan fingerprint density at radius 1 is 1.37 bits per heavy atom. The zero-order valence-corrected chi connectivity index (χ0v) is 10.4. The van der Waals surface area contributed by atoms with Crippen LogP contribution in [-0.4, -0.2) is 16.1 Å². The molecule has 1 aromatic heterocycles. The molecule has 0 amide bonds. The van der Waals surface area contributed by atoms with Gasteiger partial charge in [0.2, 0.25) is 0 Å². The van der Waals surface area contributed by atoms with Gasteiger partial charge in [-0.2, -0.15) is 0 Å². The molecule has 0 saturated carbocycles. The molecule has 0 radical (unpaired) electrons. The quantitative estimate of drug-likeness (QED) is 0.935. The van der Waals surface area contributed by atoms with Crippen LogP contribution in [0.25, 0.3) is 0 Å². The molecule has 0 saturated heterocycles. The second-order valence-corrected chi connectivity index (χ2v) is 4.17. The van der Waals surface area contributed by atoms with Crippen molar-refractivity contribution >= 4 is 17.6 Å². The number of carboxylic acid groups (broad SMARTS) is 1. The zero-order chi connectivity index (χ0) is 13.8. The van der Waals surface area contributed by atoms with Crippen molar-refractivity contribution in [1.29, 1.82) is 0 Å². The second-order valence-electron chi connectivity index (χ2n) is 3.73. The summed E-state index contributed by atoms with van der Waals surface area (Å²) in [7, 11) is 0. The van der Waals surface area contributed by atoms with Gasteiger partial charge >= 0.3 is 5.97 Å². The van der Waals surface area contributed by atoms with Crippen molar-refractivity contribution < 1.29 is 19.0 Å². The SMILES string of the molecule is O=C(O)c1ccc(F)cc1COc1cncc(Cl)c1. The number of halogens is 2. The van der Waals surface area contributed by atoms with Crippen molar-refractivity contribution in [3.8, 4) is 5.75 Å². The maximum absolute atomic E-state index is 13.1. The summed E-state index contributed by atoms with van der Waals surface area (Å²) in [5, 5.41) is 9.38. The third-order valence-electron chi connectivity index (χ3n) is 2.37. The molecule has 0 atom stereocenters. The maximum atomic E-state index is 13.1. The van der Waals surface area contributed by atoms with Gasteiger partial charge in [0.15, 0.2) is 0 Å². The van der Waals surface area contributed by atoms with Gasteiger partial charge in [0.25, 0.3) is 0 Å². The minimum absolute atomic E-state index is 0.00335. The molecule has 0 bridgehead atoms. The number of nitrogens with zero attached hydrogens (tertiary/aromatic N) is 1. The Hall–Kier alpha value is -2.14. The summed E-state index contributed by atoms with van der Waals surface area (Å²) in [6.07, 6.45) is 2.88. The number of pyridine rings is 1. The zero-order valence-electron chi connectivity index (χ0n) is 9.64. The van der Waals surface area contributed by atoms with E-state index in [1.165, 1.54) is 24.5 Å². The number of aromatic nitrogens is 1. The van der Waals surface area contributed by atoms with Gasteiger partial charge in [-0.25, -0.2) is 9.18 Å². The van der Waals surface area contributed by atoms with Gasteiger partial charge in [-0.15, -0.1) is 0 Å². The lowest BCUT2D eigenvalue weighted by Crippen LogP contribution is -2.06. The molecular weight excluding hydrogens is 273 g/mol. The lowest BCUT2D eigenvalue weighted by molar-refractivity contribution is 0.0694. The minimum Gasteiger partial charge on any atom is -0.487 e. The summed E-state index contributed by atoms with van der Waals surface area (Å²) in [5.74, 6) is -1.27. The van der Waals surface area contributed by atoms with Gasteiger partial charge in [0.05, 0.1) is 16.8 Å². The number of aromatic carboxylic acids is 1. The summed E-state index contributed by atoms with van der Waals surface area (Å²) >= 11 is 5.74. The highest BCUT2D eigenvalue weighted by molar-refractivity contribution is 6.30. The molecule has 0 unspecified atom stereocenters. The summed E-state index contributed by atoms with van der Waals surface area (Å²) in [5.41, 5.74) is 0.240. The molecule has 4 nitrogen and oxygen atoms in total. The first-order valence-corrected chi connectivity index (χ1v) is 5.69. The van der Waals surface area contributed by atoms with Crippen molar-refractivity contribution in [3.05, 3.63) is 58.6 Å². The van der Waals surface area contributed by atoms with Crippen LogP contribution in [0.3, 0.4) is 0 Å². The van der Waals surface area contributed by atoms with Crippen molar-refractivity contribution in [2.45, 2.75) is 6.61 Å². The number of carbonyl (C=O) groups is 1. The number of hydrogen-bond acceptors (Lipinski definition) is 3. The van der Waals surface area contributed by atoms with E-state index in [0.29, 0.717) is 10.8 Å². The summed E-state index contributed by atoms with van der Waals surface area (Å²) in [4.78, 5) is 14.8. The van der Waals surface area contributed by atoms with Gasteiger partial charge in [-0.05, 0) is 18.2 Å². The van der Waals surface area contributed by atoms with Crippen LogP contribution in [0.5, 0.6) is 5.75 Å². The van der Waals surface area contributed by atoms with Gasteiger partial charge < -0.3 is 9.84 Å². The fourth-order valence-corrected chi connectivity index (χ4v) is 1.69. The molecule has 0 spiro atoms. The van der Waals surface area contributed by atoms with Crippen LogP contribution < -0.4 is 4.74 Å². The van der Waals surface area contributed by atoms with E-state index in [9.17, 15) is 9.18 Å². The standard InChI is InChI=1S/C13H9ClFNO3/c14-9-4-11(6-16-5-9)19-7-8-3-10(15)1-2-12(8)13(17)18/h1-6H,7H2,(H,17,18). The third-order valence-corrected chi connectivity index (χ3v) is 2.58. The van der Waals surface area contributed by atoms with E-state index < -0.39 is 11.8 Å². The Labute approximate surface area is 113 Å². The molecule has 98 valence electrons. The lowest BCUT2D eigenvalue weighted by atomic mass is 10.1. The molecule has 1 N–H and O–H groups in total. The predicted octanol–water partition coefficient (Wildman–Crippen LogP) is 3.15. The minimum atomic E-state index is -1.14. The van der Waals surface area contributed by atoms with E-state index in [0.717, 1.165) is 12.1 Å². The molecule has 0 aliphatic rings. The number of carboxylic acids is 1. The van der Waals surface area contributed by atoms with Crippen LogP contribution in [0, 0.1) is 5.82 Å². The molecule has 0 aliphatic carbocycles. The van der Waals surface area contributed by atoms with E-state index in [1.807, 2.05) is 0 Å². The molecule has 0 fully saturated rings. The Bertz CT molecular complexity index is 619. The lowest BCUT2D eigenvalue weighted by Gasteiger charge is -2.08. The average Bonchev–Trinajstić information content (AvgIpc) is 2.36. The van der Waals surface area contributed by atoms with E-state index in [-0.39, 0.29) is 17.7 Å². The normalized spacial score (nSPS) is 10.2. The van der Waals surface area contributed by atoms with E-state index in [2.05, 4.69) is 4.98 Å². The molecule has 6 heteroatoms. The van der Waals surface area contributed by atoms with Crippen molar-refractivity contribution in [1.82, 2.24) is 4.98 Å². The van der Waals surface area contributed by atoms with Gasteiger partial charge in [-0.1, -0.05) is 11.6 Å².